The van der Waals surface area contributed by atoms with Crippen LogP contribution in [0.5, 0.6) is 0 Å². The summed E-state index contributed by atoms with van der Waals surface area (Å²) in [5.41, 5.74) is 0.708. The predicted molar refractivity (Wildman–Crippen MR) is 134 cm³/mol. The molecule has 0 aromatic heterocycles. The number of ether oxygens (including phenoxy) is 3. The monoisotopic (exact) mass is 540 g/mol. The minimum absolute atomic E-state index is 0. The van der Waals surface area contributed by atoms with Crippen LogP contribution in [0, 0.1) is 11.8 Å². The number of hydrogen-bond donors (Lipinski definition) is 4. The average Bonchev–Trinajstić information content (AvgIpc) is 3.55. The summed E-state index contributed by atoms with van der Waals surface area (Å²) in [5.74, 6) is -1.42. The van der Waals surface area contributed by atoms with Crippen LogP contribution in [0.3, 0.4) is 0 Å². The molecule has 2 aliphatic rings. The van der Waals surface area contributed by atoms with Gasteiger partial charge >= 0.3 is 11.9 Å². The molecule has 0 spiro atoms. The van der Waals surface area contributed by atoms with Gasteiger partial charge in [0, 0.05) is 62.1 Å². The fourth-order valence-electron chi connectivity index (χ4n) is 4.59. The number of aliphatic hydroxyl groups is 3. The van der Waals surface area contributed by atoms with E-state index in [0.29, 0.717) is 38.0 Å². The molecule has 10 heteroatoms. The first-order valence-electron chi connectivity index (χ1n) is 13.0. The molecule has 204 valence electrons. The molecule has 2 saturated heterocycles. The number of aliphatic hydroxyl groups excluding tert-OH is 3. The number of hydrogen-bond acceptors (Lipinski definition) is 8. The van der Waals surface area contributed by atoms with Gasteiger partial charge in [0.2, 0.25) is 0 Å². The molecular weight excluding hydrogens is 496 g/mol. The van der Waals surface area contributed by atoms with Crippen LogP contribution >= 0.6 is 0 Å². The van der Waals surface area contributed by atoms with Crippen LogP contribution in [-0.4, -0.2) is 120 Å². The van der Waals surface area contributed by atoms with Crippen LogP contribution in [0.25, 0.3) is 0 Å². The Morgan fingerprint density at radius 1 is 1.03 bits per heavy atom. The van der Waals surface area contributed by atoms with E-state index in [2.05, 4.69) is 0 Å². The summed E-state index contributed by atoms with van der Waals surface area (Å²) in [7, 11) is 0. The zero-order valence-electron chi connectivity index (χ0n) is 22.0. The largest absolute Gasteiger partial charge is 0.481 e. The molecule has 9 nitrogen and oxygen atoms in total. The van der Waals surface area contributed by atoms with E-state index >= 15 is 0 Å². The van der Waals surface area contributed by atoms with E-state index in [4.69, 9.17) is 19.3 Å². The fourth-order valence-corrected chi connectivity index (χ4v) is 4.59. The third-order valence-corrected chi connectivity index (χ3v) is 7.09. The smallest absolute Gasteiger partial charge is 0.330 e. The summed E-state index contributed by atoms with van der Waals surface area (Å²) in [6.45, 7) is 6.07. The number of carbonyl (C=O) groups is 2. The van der Waals surface area contributed by atoms with E-state index in [-0.39, 0.29) is 68.2 Å². The van der Waals surface area contributed by atoms with Gasteiger partial charge in [-0.1, -0.05) is 38.2 Å². The maximum absolute atomic E-state index is 12.1. The molecule has 36 heavy (non-hydrogen) atoms. The van der Waals surface area contributed by atoms with Gasteiger partial charge in [-0.2, -0.15) is 0 Å². The molecule has 0 aromatic carbocycles. The molecule has 0 aromatic rings. The van der Waals surface area contributed by atoms with Crippen LogP contribution in [0.1, 0.15) is 78.6 Å². The first kappa shape index (κ1) is 33.8. The van der Waals surface area contributed by atoms with Crippen molar-refractivity contribution >= 4 is 49.7 Å². The summed E-state index contributed by atoms with van der Waals surface area (Å²) in [4.78, 5) is 22.5. The van der Waals surface area contributed by atoms with Gasteiger partial charge in [0.25, 0.3) is 0 Å². The second-order valence-electron chi connectivity index (χ2n) is 10.2. The first-order valence-corrected chi connectivity index (χ1v) is 13.0. The fraction of sp³-hybridized carbons (Fsp3) is 0.846. The van der Waals surface area contributed by atoms with Gasteiger partial charge in [0.05, 0.1) is 43.7 Å². The van der Waals surface area contributed by atoms with Gasteiger partial charge in [-0.25, -0.2) is 4.79 Å². The zero-order valence-corrected chi connectivity index (χ0v) is 24.2. The predicted octanol–water partition coefficient (Wildman–Crippen LogP) is 2.21. The van der Waals surface area contributed by atoms with Gasteiger partial charge in [-0.3, -0.25) is 4.79 Å². The molecule has 2 heterocycles. The maximum Gasteiger partial charge on any atom is 0.330 e. The SMILES string of the molecule is C/C(=C\C(=O)OCCCCCCCCC(=O)O)CC1OC[C@H](C[C@@H]2OC2C(C)C(C)O)[C@@H](O)[C@H]1O.[Ca]. The summed E-state index contributed by atoms with van der Waals surface area (Å²) in [6.07, 6.45) is 4.61. The molecule has 0 aliphatic carbocycles. The number of carbonyl (C=O) groups excluding carboxylic acids is 1. The number of unbranched alkanes of at least 4 members (excludes halogenated alkanes) is 5. The number of carboxylic acids is 1. The minimum Gasteiger partial charge on any atom is -0.481 e. The molecular formula is C26H44CaO9. The summed E-state index contributed by atoms with van der Waals surface area (Å²) < 4.78 is 16.7. The van der Waals surface area contributed by atoms with Crippen LogP contribution in [-0.2, 0) is 23.8 Å². The van der Waals surface area contributed by atoms with E-state index < -0.39 is 36.4 Å². The van der Waals surface area contributed by atoms with Crippen molar-refractivity contribution in [3.63, 3.8) is 0 Å². The van der Waals surface area contributed by atoms with E-state index in [1.807, 2.05) is 6.92 Å². The summed E-state index contributed by atoms with van der Waals surface area (Å²) in [6, 6.07) is 0. The second-order valence-corrected chi connectivity index (χ2v) is 10.2. The van der Waals surface area contributed by atoms with Crippen molar-refractivity contribution < 1.29 is 44.2 Å². The van der Waals surface area contributed by atoms with Crippen molar-refractivity contribution in [3.8, 4) is 0 Å². The average molecular weight is 541 g/mol. The van der Waals surface area contributed by atoms with Gasteiger partial charge in [-0.05, 0) is 39.5 Å². The Morgan fingerprint density at radius 2 is 1.67 bits per heavy atom. The number of rotatable bonds is 16. The number of epoxide rings is 1. The van der Waals surface area contributed by atoms with Gasteiger partial charge in [0.1, 0.15) is 6.10 Å². The molecule has 4 N–H and O–H groups in total. The number of esters is 1. The summed E-state index contributed by atoms with van der Waals surface area (Å²) in [5, 5.41) is 39.5. The van der Waals surface area contributed by atoms with E-state index in [9.17, 15) is 24.9 Å². The quantitative estimate of drug-likeness (QED) is 0.0761. The Bertz CT molecular complexity index is 699. The normalized spacial score (nSPS) is 29.7. The molecule has 8 atom stereocenters. The number of carboxylic acid groups (broad SMARTS) is 1. The molecule has 0 bridgehead atoms. The number of aliphatic carboxylic acids is 1. The van der Waals surface area contributed by atoms with Crippen molar-refractivity contribution in [2.45, 2.75) is 115 Å². The maximum atomic E-state index is 12.1. The summed E-state index contributed by atoms with van der Waals surface area (Å²) >= 11 is 0. The standard InChI is InChI=1S/C26H44O9.Ca/c1-16(13-23(30)33-11-9-7-5-4-6-8-10-22(28)29)12-20-25(32)24(31)19(15-34-20)14-21-26(35-21)17(2)18(3)27;/h13,17-21,24-27,31-32H,4-12,14-15H2,1-3H3,(H,28,29);/b16-13+;/t17?,18?,19-,20?,21-,24+,25-,26?;/m0./s1. The molecule has 2 fully saturated rings. The van der Waals surface area contributed by atoms with Crippen LogP contribution in [0.4, 0.5) is 0 Å². The zero-order chi connectivity index (χ0) is 26.0. The Labute approximate surface area is 244 Å². The molecule has 4 unspecified atom stereocenters. The Morgan fingerprint density at radius 3 is 2.31 bits per heavy atom. The topological polar surface area (TPSA) is 146 Å². The van der Waals surface area contributed by atoms with Crippen molar-refractivity contribution in [1.29, 1.82) is 0 Å². The van der Waals surface area contributed by atoms with Crippen molar-refractivity contribution in [1.82, 2.24) is 0 Å². The second kappa shape index (κ2) is 17.4. The van der Waals surface area contributed by atoms with Gasteiger partial charge < -0.3 is 34.6 Å². The van der Waals surface area contributed by atoms with Crippen molar-refractivity contribution in [2.24, 2.45) is 11.8 Å². The Kier molecular flexibility index (Phi) is 16.3. The Balaban J connectivity index is 0.00000648. The molecule has 2 rings (SSSR count). The Hall–Kier alpha value is -0.260. The third-order valence-electron chi connectivity index (χ3n) is 7.09. The van der Waals surface area contributed by atoms with Crippen molar-refractivity contribution in [2.75, 3.05) is 13.2 Å². The minimum atomic E-state index is -1.06. The van der Waals surface area contributed by atoms with E-state index in [0.717, 1.165) is 32.1 Å². The molecule has 0 saturated carbocycles. The molecule has 2 aliphatic heterocycles. The van der Waals surface area contributed by atoms with E-state index in [1.54, 1.807) is 13.8 Å². The molecule has 0 amide bonds. The van der Waals surface area contributed by atoms with Crippen molar-refractivity contribution in [3.05, 3.63) is 11.6 Å². The van der Waals surface area contributed by atoms with Crippen LogP contribution in [0.15, 0.2) is 11.6 Å². The van der Waals surface area contributed by atoms with E-state index in [1.165, 1.54) is 6.08 Å². The van der Waals surface area contributed by atoms with Gasteiger partial charge in [0.15, 0.2) is 0 Å². The first-order chi connectivity index (χ1) is 16.6. The third kappa shape index (κ3) is 12.1. The molecule has 2 radical (unpaired) electrons. The van der Waals surface area contributed by atoms with Gasteiger partial charge in [-0.15, -0.1) is 0 Å². The van der Waals surface area contributed by atoms with Crippen LogP contribution in [0.2, 0.25) is 0 Å². The van der Waals surface area contributed by atoms with Crippen LogP contribution < -0.4 is 0 Å².